The second-order valence-corrected chi connectivity index (χ2v) is 5.10. The maximum atomic E-state index is 9.31. The van der Waals surface area contributed by atoms with E-state index in [-0.39, 0.29) is 0 Å². The number of rotatable bonds is 2. The maximum Gasteiger partial charge on any atom is 0.103 e. The second kappa shape index (κ2) is 5.44. The summed E-state index contributed by atoms with van der Waals surface area (Å²) in [6, 6.07) is 8.47. The molecule has 1 heterocycles. The van der Waals surface area contributed by atoms with E-state index in [0.29, 0.717) is 0 Å². The van der Waals surface area contributed by atoms with Crippen molar-refractivity contribution in [2.45, 2.75) is 4.90 Å². The Morgan fingerprint density at radius 3 is 2.53 bits per heavy atom. The second-order valence-electron chi connectivity index (χ2n) is 4.26. The third-order valence-electron chi connectivity index (χ3n) is 3.18. The van der Waals surface area contributed by atoms with Gasteiger partial charge in [0, 0.05) is 31.1 Å². The molecule has 1 aromatic carbocycles. The van der Waals surface area contributed by atoms with Gasteiger partial charge in [0.05, 0.1) is 11.3 Å². The number of nitrogens with zero attached hydrogens (tertiary/aromatic N) is 3. The molecule has 1 aliphatic rings. The van der Waals surface area contributed by atoms with Crippen LogP contribution in [0.5, 0.6) is 0 Å². The van der Waals surface area contributed by atoms with E-state index >= 15 is 0 Å². The first-order valence-corrected chi connectivity index (χ1v) is 6.99. The predicted molar refractivity (Wildman–Crippen MR) is 72.6 cm³/mol. The fourth-order valence-corrected chi connectivity index (χ4v) is 2.68. The zero-order valence-corrected chi connectivity index (χ0v) is 11.1. The van der Waals surface area contributed by atoms with Crippen LogP contribution in [0.2, 0.25) is 0 Å². The van der Waals surface area contributed by atoms with Crippen LogP contribution in [-0.4, -0.2) is 44.4 Å². The van der Waals surface area contributed by atoms with Gasteiger partial charge in [-0.3, -0.25) is 0 Å². The molecular weight excluding hydrogens is 230 g/mol. The van der Waals surface area contributed by atoms with Gasteiger partial charge in [0.15, 0.2) is 0 Å². The average molecular weight is 247 g/mol. The van der Waals surface area contributed by atoms with E-state index in [1.165, 1.54) is 0 Å². The Kier molecular flexibility index (Phi) is 3.93. The molecule has 90 valence electrons. The van der Waals surface area contributed by atoms with Crippen LogP contribution in [0.1, 0.15) is 5.56 Å². The van der Waals surface area contributed by atoms with Crippen LogP contribution in [0.25, 0.3) is 0 Å². The van der Waals surface area contributed by atoms with E-state index in [1.54, 1.807) is 11.8 Å². The maximum absolute atomic E-state index is 9.31. The molecule has 0 unspecified atom stereocenters. The summed E-state index contributed by atoms with van der Waals surface area (Å²) >= 11 is 1.64. The van der Waals surface area contributed by atoms with Crippen LogP contribution >= 0.6 is 11.8 Å². The van der Waals surface area contributed by atoms with Crippen LogP contribution < -0.4 is 4.90 Å². The van der Waals surface area contributed by atoms with Gasteiger partial charge in [0.1, 0.15) is 6.07 Å². The van der Waals surface area contributed by atoms with Crippen LogP contribution in [0.4, 0.5) is 5.69 Å². The Morgan fingerprint density at radius 2 is 1.94 bits per heavy atom. The largest absolute Gasteiger partial charge is 0.368 e. The minimum Gasteiger partial charge on any atom is -0.368 e. The van der Waals surface area contributed by atoms with E-state index in [4.69, 9.17) is 0 Å². The fourth-order valence-electron chi connectivity index (χ4n) is 2.11. The van der Waals surface area contributed by atoms with Crippen LogP contribution in [0.3, 0.4) is 0 Å². The summed E-state index contributed by atoms with van der Waals surface area (Å²) in [4.78, 5) is 5.71. The topological polar surface area (TPSA) is 30.3 Å². The molecular formula is C13H17N3S. The zero-order valence-electron chi connectivity index (χ0n) is 10.3. The van der Waals surface area contributed by atoms with E-state index in [1.807, 2.05) is 18.4 Å². The van der Waals surface area contributed by atoms with E-state index in [0.717, 1.165) is 42.3 Å². The Hall–Kier alpha value is -1.18. The Balaban J connectivity index is 2.29. The molecule has 0 aliphatic carbocycles. The standard InChI is InChI=1S/C13H17N3S/c1-15-6-8-16(9-7-15)12-4-3-5-13(17-2)11(12)10-14/h3-5H,6-9H2,1-2H3. The van der Waals surface area contributed by atoms with Gasteiger partial charge in [-0.2, -0.15) is 5.26 Å². The number of benzene rings is 1. The first-order valence-electron chi connectivity index (χ1n) is 5.77. The Morgan fingerprint density at radius 1 is 1.24 bits per heavy atom. The molecule has 0 spiro atoms. The molecule has 0 bridgehead atoms. The van der Waals surface area contributed by atoms with Crippen LogP contribution in [0.15, 0.2) is 23.1 Å². The van der Waals surface area contributed by atoms with E-state index in [9.17, 15) is 5.26 Å². The van der Waals surface area contributed by atoms with Crippen molar-refractivity contribution in [2.24, 2.45) is 0 Å². The molecule has 4 heteroatoms. The molecule has 0 N–H and O–H groups in total. The van der Waals surface area contributed by atoms with Crippen molar-refractivity contribution < 1.29 is 0 Å². The lowest BCUT2D eigenvalue weighted by atomic mass is 10.1. The lowest BCUT2D eigenvalue weighted by Crippen LogP contribution is -2.44. The van der Waals surface area contributed by atoms with Crippen molar-refractivity contribution in [3.8, 4) is 6.07 Å². The Bertz CT molecular complexity index is 431. The molecule has 0 radical (unpaired) electrons. The predicted octanol–water partition coefficient (Wildman–Crippen LogP) is 2.03. The molecule has 1 aliphatic heterocycles. The fraction of sp³-hybridized carbons (Fsp3) is 0.462. The minimum atomic E-state index is 0.824. The van der Waals surface area contributed by atoms with Gasteiger partial charge in [0.25, 0.3) is 0 Å². The summed E-state index contributed by atoms with van der Waals surface area (Å²) in [6.45, 7) is 4.13. The van der Waals surface area contributed by atoms with Crippen molar-refractivity contribution in [2.75, 3.05) is 44.4 Å². The number of anilines is 1. The molecule has 0 amide bonds. The molecule has 3 nitrogen and oxygen atoms in total. The average Bonchev–Trinajstić information content (AvgIpc) is 2.38. The summed E-state index contributed by atoms with van der Waals surface area (Å²) in [5.74, 6) is 0. The highest BCUT2D eigenvalue weighted by Gasteiger charge is 2.18. The molecule has 1 fully saturated rings. The summed E-state index contributed by atoms with van der Waals surface area (Å²) in [5.41, 5.74) is 1.91. The number of likely N-dealkylation sites (N-methyl/N-ethyl adjacent to an activating group) is 1. The van der Waals surface area contributed by atoms with Gasteiger partial charge in [-0.1, -0.05) is 6.07 Å². The lowest BCUT2D eigenvalue weighted by molar-refractivity contribution is 0.313. The first kappa shape index (κ1) is 12.3. The third-order valence-corrected chi connectivity index (χ3v) is 3.96. The summed E-state index contributed by atoms with van der Waals surface area (Å²) in [6.07, 6.45) is 2.02. The van der Waals surface area contributed by atoms with Gasteiger partial charge >= 0.3 is 0 Å². The highest BCUT2D eigenvalue weighted by Crippen LogP contribution is 2.29. The number of piperazine rings is 1. The van der Waals surface area contributed by atoms with E-state index < -0.39 is 0 Å². The quantitative estimate of drug-likeness (QED) is 0.748. The molecule has 0 saturated carbocycles. The number of hydrogen-bond donors (Lipinski definition) is 0. The van der Waals surface area contributed by atoms with Gasteiger partial charge in [-0.15, -0.1) is 11.8 Å². The molecule has 1 saturated heterocycles. The van der Waals surface area contributed by atoms with Crippen LogP contribution in [0, 0.1) is 11.3 Å². The van der Waals surface area contributed by atoms with Crippen molar-refractivity contribution in [1.82, 2.24) is 4.90 Å². The highest BCUT2D eigenvalue weighted by molar-refractivity contribution is 7.98. The van der Waals surface area contributed by atoms with E-state index in [2.05, 4.69) is 29.0 Å². The van der Waals surface area contributed by atoms with Gasteiger partial charge < -0.3 is 9.80 Å². The number of hydrogen-bond acceptors (Lipinski definition) is 4. The molecule has 1 aromatic rings. The van der Waals surface area contributed by atoms with Gasteiger partial charge in [0.2, 0.25) is 0 Å². The molecule has 0 aromatic heterocycles. The number of nitriles is 1. The third kappa shape index (κ3) is 2.56. The van der Waals surface area contributed by atoms with Crippen molar-refractivity contribution >= 4 is 17.4 Å². The summed E-state index contributed by atoms with van der Waals surface area (Å²) < 4.78 is 0. The monoisotopic (exact) mass is 247 g/mol. The van der Waals surface area contributed by atoms with Gasteiger partial charge in [-0.25, -0.2) is 0 Å². The SMILES string of the molecule is CSc1cccc(N2CCN(C)CC2)c1C#N. The molecule has 2 rings (SSSR count). The summed E-state index contributed by atoms with van der Waals surface area (Å²) in [7, 11) is 2.14. The smallest absolute Gasteiger partial charge is 0.103 e. The van der Waals surface area contributed by atoms with Crippen LogP contribution in [-0.2, 0) is 0 Å². The molecule has 17 heavy (non-hydrogen) atoms. The van der Waals surface area contributed by atoms with Crippen molar-refractivity contribution in [1.29, 1.82) is 5.26 Å². The zero-order chi connectivity index (χ0) is 12.3. The highest BCUT2D eigenvalue weighted by atomic mass is 32.2. The minimum absolute atomic E-state index is 0.824. The Labute approximate surface area is 107 Å². The molecule has 0 atom stereocenters. The normalized spacial score (nSPS) is 16.9. The summed E-state index contributed by atoms with van der Waals surface area (Å²) in [5, 5.41) is 9.31. The van der Waals surface area contributed by atoms with Crippen molar-refractivity contribution in [3.05, 3.63) is 23.8 Å². The lowest BCUT2D eigenvalue weighted by Gasteiger charge is -2.34. The number of thioether (sulfide) groups is 1. The first-order chi connectivity index (χ1) is 8.26. The van der Waals surface area contributed by atoms with Crippen molar-refractivity contribution in [3.63, 3.8) is 0 Å². The van der Waals surface area contributed by atoms with Gasteiger partial charge in [-0.05, 0) is 25.4 Å².